The van der Waals surface area contributed by atoms with Gasteiger partial charge in [-0.15, -0.1) is 0 Å². The van der Waals surface area contributed by atoms with Gasteiger partial charge in [-0.25, -0.2) is 0 Å². The fourth-order valence-electron chi connectivity index (χ4n) is 1.25. The van der Waals surface area contributed by atoms with Crippen LogP contribution in [0, 0.1) is 0 Å². The van der Waals surface area contributed by atoms with Crippen LogP contribution in [-0.4, -0.2) is 37.9 Å². The molecule has 0 aliphatic rings. The quantitative estimate of drug-likeness (QED) is 0.735. The van der Waals surface area contributed by atoms with Gasteiger partial charge in [-0.05, 0) is 6.42 Å². The van der Waals surface area contributed by atoms with E-state index in [2.05, 4.69) is 10.4 Å². The summed E-state index contributed by atoms with van der Waals surface area (Å²) in [6.45, 7) is 2.58. The number of carbonyl (C=O) groups is 1. The van der Waals surface area contributed by atoms with Gasteiger partial charge in [0.2, 0.25) is 5.91 Å². The molecule has 0 aliphatic heterocycles. The van der Waals surface area contributed by atoms with Crippen LogP contribution in [0.3, 0.4) is 0 Å². The lowest BCUT2D eigenvalue weighted by Gasteiger charge is -2.09. The lowest BCUT2D eigenvalue weighted by Crippen LogP contribution is -2.30. The largest absolute Gasteiger partial charge is 0.396 e. The van der Waals surface area contributed by atoms with E-state index < -0.39 is 10.8 Å². The van der Waals surface area contributed by atoms with Crippen molar-refractivity contribution in [1.29, 1.82) is 0 Å². The van der Waals surface area contributed by atoms with E-state index in [4.69, 9.17) is 5.73 Å². The van der Waals surface area contributed by atoms with Crippen molar-refractivity contribution >= 4 is 22.4 Å². The van der Waals surface area contributed by atoms with Crippen LogP contribution in [0.25, 0.3) is 0 Å². The Balaban J connectivity index is 2.24. The Bertz CT molecular complexity index is 405. The molecule has 17 heavy (non-hydrogen) atoms. The van der Waals surface area contributed by atoms with Crippen LogP contribution in [0.4, 0.5) is 5.69 Å². The lowest BCUT2D eigenvalue weighted by atomic mass is 10.3. The predicted molar refractivity (Wildman–Crippen MR) is 67.8 cm³/mol. The fourth-order valence-corrected chi connectivity index (χ4v) is 1.70. The van der Waals surface area contributed by atoms with Gasteiger partial charge in [0.05, 0.1) is 11.9 Å². The maximum atomic E-state index is 11.5. The molecule has 0 fully saturated rings. The summed E-state index contributed by atoms with van der Waals surface area (Å²) in [4.78, 5) is 11.5. The van der Waals surface area contributed by atoms with E-state index >= 15 is 0 Å². The van der Waals surface area contributed by atoms with Gasteiger partial charge in [0.1, 0.15) is 6.54 Å². The van der Waals surface area contributed by atoms with Crippen molar-refractivity contribution in [2.24, 2.45) is 0 Å². The van der Waals surface area contributed by atoms with Crippen molar-refractivity contribution in [3.05, 3.63) is 12.4 Å². The monoisotopic (exact) mass is 258 g/mol. The molecule has 7 heteroatoms. The molecule has 0 aromatic carbocycles. The smallest absolute Gasteiger partial charge is 0.241 e. The summed E-state index contributed by atoms with van der Waals surface area (Å²) in [6.07, 6.45) is 5.47. The standard InChI is InChI=1S/C10H18N4O2S/c1-8(17(2)16)3-4-12-10(15)7-14-6-9(11)5-13-14/h5-6,8H,3-4,7,11H2,1-2H3,(H,12,15). The summed E-state index contributed by atoms with van der Waals surface area (Å²) in [5.74, 6) is -0.123. The Morgan fingerprint density at radius 2 is 2.41 bits per heavy atom. The van der Waals surface area contributed by atoms with E-state index in [1.807, 2.05) is 6.92 Å². The molecule has 0 spiro atoms. The van der Waals surface area contributed by atoms with Crippen LogP contribution in [0.2, 0.25) is 0 Å². The molecule has 6 nitrogen and oxygen atoms in total. The number of hydrogen-bond donors (Lipinski definition) is 2. The fraction of sp³-hybridized carbons (Fsp3) is 0.600. The van der Waals surface area contributed by atoms with E-state index in [1.54, 1.807) is 12.5 Å². The minimum atomic E-state index is -0.845. The zero-order valence-electron chi connectivity index (χ0n) is 10.0. The summed E-state index contributed by atoms with van der Waals surface area (Å²) in [6, 6.07) is 0. The Hall–Kier alpha value is -1.37. The number of anilines is 1. The topological polar surface area (TPSA) is 90.0 Å². The number of aromatic nitrogens is 2. The highest BCUT2D eigenvalue weighted by Crippen LogP contribution is 1.98. The molecular weight excluding hydrogens is 240 g/mol. The summed E-state index contributed by atoms with van der Waals surface area (Å²) in [7, 11) is -0.845. The van der Waals surface area contributed by atoms with Crippen LogP contribution < -0.4 is 11.1 Å². The Morgan fingerprint density at radius 1 is 1.71 bits per heavy atom. The van der Waals surface area contributed by atoms with Crippen LogP contribution in [0.5, 0.6) is 0 Å². The molecule has 0 radical (unpaired) electrons. The predicted octanol–water partition coefficient (Wildman–Crippen LogP) is -0.261. The summed E-state index contributed by atoms with van der Waals surface area (Å²) >= 11 is 0. The van der Waals surface area contributed by atoms with Crippen molar-refractivity contribution in [1.82, 2.24) is 15.1 Å². The van der Waals surface area contributed by atoms with E-state index in [9.17, 15) is 9.00 Å². The first-order valence-electron chi connectivity index (χ1n) is 5.36. The number of nitrogens with two attached hydrogens (primary N) is 1. The molecule has 0 saturated carbocycles. The molecule has 2 atom stereocenters. The van der Waals surface area contributed by atoms with Gasteiger partial charge in [0.15, 0.2) is 0 Å². The van der Waals surface area contributed by atoms with Crippen molar-refractivity contribution < 1.29 is 9.00 Å². The molecule has 1 rings (SSSR count). The van der Waals surface area contributed by atoms with Crippen molar-refractivity contribution in [3.63, 3.8) is 0 Å². The number of carbonyl (C=O) groups excluding carboxylic acids is 1. The van der Waals surface area contributed by atoms with Gasteiger partial charge < -0.3 is 11.1 Å². The molecule has 1 amide bonds. The van der Waals surface area contributed by atoms with Crippen molar-refractivity contribution in [2.45, 2.75) is 25.1 Å². The number of rotatable bonds is 6. The second-order valence-electron chi connectivity index (χ2n) is 3.92. The molecular formula is C10H18N4O2S. The second kappa shape index (κ2) is 6.39. The SMILES string of the molecule is CC(CCNC(=O)Cn1cc(N)cn1)S(C)=O. The maximum absolute atomic E-state index is 11.5. The third-order valence-electron chi connectivity index (χ3n) is 2.40. The number of nitrogens with zero attached hydrogens (tertiary/aromatic N) is 2. The van der Waals surface area contributed by atoms with Gasteiger partial charge in [0.25, 0.3) is 0 Å². The third kappa shape index (κ3) is 4.99. The zero-order chi connectivity index (χ0) is 12.8. The Kier molecular flexibility index (Phi) is 5.14. The highest BCUT2D eigenvalue weighted by Gasteiger charge is 2.07. The molecule has 96 valence electrons. The Morgan fingerprint density at radius 3 is 2.94 bits per heavy atom. The Labute approximate surface area is 103 Å². The van der Waals surface area contributed by atoms with Crippen molar-refractivity contribution in [2.75, 3.05) is 18.5 Å². The van der Waals surface area contributed by atoms with Gasteiger partial charge in [0, 0.05) is 35.0 Å². The van der Waals surface area contributed by atoms with Gasteiger partial charge >= 0.3 is 0 Å². The molecule has 0 aliphatic carbocycles. The lowest BCUT2D eigenvalue weighted by molar-refractivity contribution is -0.121. The molecule has 1 aromatic rings. The molecule has 2 unspecified atom stereocenters. The zero-order valence-corrected chi connectivity index (χ0v) is 10.9. The molecule has 3 N–H and O–H groups in total. The number of amides is 1. The minimum Gasteiger partial charge on any atom is -0.396 e. The normalized spacial score (nSPS) is 14.2. The second-order valence-corrected chi connectivity index (χ2v) is 5.72. The number of hydrogen-bond acceptors (Lipinski definition) is 4. The summed E-state index contributed by atoms with van der Waals surface area (Å²) < 4.78 is 12.6. The van der Waals surface area contributed by atoms with Crippen LogP contribution in [0.15, 0.2) is 12.4 Å². The summed E-state index contributed by atoms with van der Waals surface area (Å²) in [5, 5.41) is 6.75. The van der Waals surface area contributed by atoms with E-state index in [0.29, 0.717) is 18.7 Å². The van der Waals surface area contributed by atoms with E-state index in [0.717, 1.165) is 0 Å². The van der Waals surface area contributed by atoms with Crippen LogP contribution in [-0.2, 0) is 22.1 Å². The minimum absolute atomic E-state index is 0.0932. The summed E-state index contributed by atoms with van der Waals surface area (Å²) in [5.41, 5.74) is 6.01. The van der Waals surface area contributed by atoms with E-state index in [1.165, 1.54) is 10.9 Å². The van der Waals surface area contributed by atoms with Gasteiger partial charge in [-0.1, -0.05) is 6.92 Å². The number of nitrogen functional groups attached to an aromatic ring is 1. The molecule has 0 saturated heterocycles. The van der Waals surface area contributed by atoms with Crippen LogP contribution >= 0.6 is 0 Å². The highest BCUT2D eigenvalue weighted by atomic mass is 32.2. The first-order chi connectivity index (χ1) is 7.99. The maximum Gasteiger partial charge on any atom is 0.241 e. The molecule has 0 bridgehead atoms. The third-order valence-corrected chi connectivity index (χ3v) is 3.77. The molecule has 1 heterocycles. The number of nitrogens with one attached hydrogen (secondary N) is 1. The van der Waals surface area contributed by atoms with Gasteiger partial charge in [-0.2, -0.15) is 5.10 Å². The average Bonchev–Trinajstić information content (AvgIpc) is 2.63. The van der Waals surface area contributed by atoms with Crippen molar-refractivity contribution in [3.8, 4) is 0 Å². The first-order valence-corrected chi connectivity index (χ1v) is 6.98. The molecule has 1 aromatic heterocycles. The van der Waals surface area contributed by atoms with E-state index in [-0.39, 0.29) is 17.7 Å². The van der Waals surface area contributed by atoms with Gasteiger partial charge in [-0.3, -0.25) is 13.7 Å². The first kappa shape index (κ1) is 13.7. The average molecular weight is 258 g/mol. The van der Waals surface area contributed by atoms with Crippen LogP contribution in [0.1, 0.15) is 13.3 Å². The highest BCUT2D eigenvalue weighted by molar-refractivity contribution is 7.84.